The number of carbonyl (C=O) groups is 1. The molecule has 0 aliphatic carbocycles. The molecule has 0 fully saturated rings. The third kappa shape index (κ3) is 3.74. The number of hydrogen-bond donors (Lipinski definition) is 1. The molecule has 0 aliphatic heterocycles. The Morgan fingerprint density at radius 2 is 1.67 bits per heavy atom. The average molecular weight is 439 g/mol. The Labute approximate surface area is 187 Å². The van der Waals surface area contributed by atoms with Gasteiger partial charge in [-0.25, -0.2) is 14.3 Å². The highest BCUT2D eigenvalue weighted by Gasteiger charge is 2.16. The summed E-state index contributed by atoms with van der Waals surface area (Å²) in [5.41, 5.74) is 3.13. The van der Waals surface area contributed by atoms with Crippen LogP contribution >= 0.6 is 0 Å². The number of nitrogens with zero attached hydrogens (tertiary/aromatic N) is 3. The number of benzene rings is 3. The van der Waals surface area contributed by atoms with Gasteiger partial charge in [0.2, 0.25) is 0 Å². The topological polar surface area (TPSA) is 107 Å². The Balaban J connectivity index is 1.53. The quantitative estimate of drug-likeness (QED) is 0.404. The van der Waals surface area contributed by atoms with Crippen LogP contribution in [0, 0.1) is 0 Å². The van der Waals surface area contributed by atoms with Crippen molar-refractivity contribution >= 4 is 16.9 Å². The van der Waals surface area contributed by atoms with Crippen molar-refractivity contribution in [2.75, 3.05) is 7.11 Å². The van der Waals surface area contributed by atoms with Crippen LogP contribution in [0.4, 0.5) is 0 Å². The lowest BCUT2D eigenvalue weighted by atomic mass is 10.0. The van der Waals surface area contributed by atoms with Crippen molar-refractivity contribution in [3.05, 3.63) is 95.0 Å². The fourth-order valence-electron chi connectivity index (χ4n) is 3.61. The number of ether oxygens (including phenoxy) is 1. The maximum atomic E-state index is 11.9. The van der Waals surface area contributed by atoms with Gasteiger partial charge in [0.15, 0.2) is 0 Å². The predicted octanol–water partition coefficient (Wildman–Crippen LogP) is 4.41. The van der Waals surface area contributed by atoms with Gasteiger partial charge < -0.3 is 14.3 Å². The monoisotopic (exact) mass is 439 g/mol. The minimum atomic E-state index is -1.36. The standard InChI is InChI=1S/C25H17N3O5/c1-32-23-13-22-18(11-19(24(29)30)25(31)33-22)12-21(23)28-14-20(26-27-28)17-9-7-16(8-10-17)15-5-3-2-4-6-15/h2-14H,1H3,(H,29,30). The lowest BCUT2D eigenvalue weighted by molar-refractivity contribution is 0.0692. The summed E-state index contributed by atoms with van der Waals surface area (Å²) in [6, 6.07) is 22.5. The molecule has 2 heterocycles. The largest absolute Gasteiger partial charge is 0.494 e. The SMILES string of the molecule is COc1cc2oc(=O)c(C(=O)O)cc2cc1-n1cc(-c2ccc(-c3ccccc3)cc2)nn1. The number of hydrogen-bond acceptors (Lipinski definition) is 6. The van der Waals surface area contributed by atoms with Crippen molar-refractivity contribution in [3.63, 3.8) is 0 Å². The zero-order valence-corrected chi connectivity index (χ0v) is 17.4. The molecule has 0 amide bonds. The van der Waals surface area contributed by atoms with Crippen molar-refractivity contribution < 1.29 is 19.1 Å². The van der Waals surface area contributed by atoms with E-state index >= 15 is 0 Å². The third-order valence-corrected chi connectivity index (χ3v) is 5.29. The molecular weight excluding hydrogens is 422 g/mol. The zero-order valence-electron chi connectivity index (χ0n) is 17.4. The van der Waals surface area contributed by atoms with E-state index in [-0.39, 0.29) is 5.58 Å². The second-order valence-electron chi connectivity index (χ2n) is 7.31. The molecule has 0 saturated heterocycles. The Bertz CT molecular complexity index is 1540. The lowest BCUT2D eigenvalue weighted by Gasteiger charge is -2.09. The number of carboxylic acid groups (broad SMARTS) is 1. The minimum absolute atomic E-state index is 0.211. The van der Waals surface area contributed by atoms with Crippen LogP contribution in [-0.2, 0) is 0 Å². The Hall–Kier alpha value is -4.72. The minimum Gasteiger partial charge on any atom is -0.494 e. The summed E-state index contributed by atoms with van der Waals surface area (Å²) in [6.07, 6.45) is 1.75. The molecule has 0 atom stereocenters. The molecule has 0 bridgehead atoms. The molecule has 0 saturated carbocycles. The van der Waals surface area contributed by atoms with Gasteiger partial charge in [0, 0.05) is 17.0 Å². The molecule has 3 aromatic carbocycles. The zero-order chi connectivity index (χ0) is 22.9. The van der Waals surface area contributed by atoms with Gasteiger partial charge in [0.1, 0.15) is 28.3 Å². The van der Waals surface area contributed by atoms with Gasteiger partial charge in [-0.1, -0.05) is 59.8 Å². The first-order chi connectivity index (χ1) is 16.0. The second kappa shape index (κ2) is 8.08. The van der Waals surface area contributed by atoms with E-state index in [4.69, 9.17) is 9.15 Å². The molecule has 5 rings (SSSR count). The van der Waals surface area contributed by atoms with Gasteiger partial charge in [0.05, 0.1) is 13.3 Å². The van der Waals surface area contributed by atoms with Gasteiger partial charge in [0.25, 0.3) is 0 Å². The van der Waals surface area contributed by atoms with Gasteiger partial charge in [-0.15, -0.1) is 5.10 Å². The summed E-state index contributed by atoms with van der Waals surface area (Å²) < 4.78 is 12.1. The van der Waals surface area contributed by atoms with Crippen LogP contribution in [-0.4, -0.2) is 33.2 Å². The average Bonchev–Trinajstić information content (AvgIpc) is 3.33. The van der Waals surface area contributed by atoms with Crippen molar-refractivity contribution in [1.82, 2.24) is 15.0 Å². The molecule has 0 radical (unpaired) electrons. The van der Waals surface area contributed by atoms with Gasteiger partial charge in [-0.3, -0.25) is 0 Å². The summed E-state index contributed by atoms with van der Waals surface area (Å²) in [7, 11) is 1.48. The molecule has 8 nitrogen and oxygen atoms in total. The van der Waals surface area contributed by atoms with Crippen LogP contribution in [0.3, 0.4) is 0 Å². The van der Waals surface area contributed by atoms with E-state index in [9.17, 15) is 14.7 Å². The van der Waals surface area contributed by atoms with Gasteiger partial charge >= 0.3 is 11.6 Å². The molecular formula is C25H17N3O5. The molecule has 33 heavy (non-hydrogen) atoms. The van der Waals surface area contributed by atoms with Crippen LogP contribution in [0.2, 0.25) is 0 Å². The van der Waals surface area contributed by atoms with Crippen molar-refractivity contribution in [3.8, 4) is 33.8 Å². The van der Waals surface area contributed by atoms with Gasteiger partial charge in [-0.05, 0) is 23.3 Å². The van der Waals surface area contributed by atoms with Gasteiger partial charge in [-0.2, -0.15) is 0 Å². The number of aromatic carboxylic acids is 1. The molecule has 0 spiro atoms. The Morgan fingerprint density at radius 1 is 0.970 bits per heavy atom. The number of rotatable bonds is 5. The summed E-state index contributed by atoms with van der Waals surface area (Å²) in [5.74, 6) is -0.963. The number of carboxylic acids is 1. The Morgan fingerprint density at radius 3 is 2.36 bits per heavy atom. The van der Waals surface area contributed by atoms with E-state index < -0.39 is 17.2 Å². The van der Waals surface area contributed by atoms with E-state index in [1.54, 1.807) is 12.3 Å². The second-order valence-corrected chi connectivity index (χ2v) is 7.31. The number of fused-ring (bicyclic) bond motifs is 1. The van der Waals surface area contributed by atoms with Crippen LogP contribution in [0.1, 0.15) is 10.4 Å². The van der Waals surface area contributed by atoms with Crippen LogP contribution < -0.4 is 10.4 Å². The van der Waals surface area contributed by atoms with Crippen molar-refractivity contribution in [2.45, 2.75) is 0 Å². The molecule has 162 valence electrons. The maximum Gasteiger partial charge on any atom is 0.351 e. The molecule has 8 heteroatoms. The summed E-state index contributed by atoms with van der Waals surface area (Å²) in [5, 5.41) is 18.1. The van der Waals surface area contributed by atoms with E-state index in [0.717, 1.165) is 16.7 Å². The van der Waals surface area contributed by atoms with E-state index in [1.165, 1.54) is 23.9 Å². The molecule has 2 aromatic heterocycles. The molecule has 0 aliphatic rings. The normalized spacial score (nSPS) is 10.9. The first-order valence-electron chi connectivity index (χ1n) is 10.0. The third-order valence-electron chi connectivity index (χ3n) is 5.29. The molecule has 0 unspecified atom stereocenters. The van der Waals surface area contributed by atoms with Crippen molar-refractivity contribution in [2.24, 2.45) is 0 Å². The van der Waals surface area contributed by atoms with E-state index in [2.05, 4.69) is 22.4 Å². The van der Waals surface area contributed by atoms with E-state index in [1.807, 2.05) is 42.5 Å². The predicted molar refractivity (Wildman–Crippen MR) is 122 cm³/mol. The van der Waals surface area contributed by atoms with E-state index in [0.29, 0.717) is 22.5 Å². The van der Waals surface area contributed by atoms with Crippen LogP contribution in [0.25, 0.3) is 39.0 Å². The summed E-state index contributed by atoms with van der Waals surface area (Å²) >= 11 is 0. The Kier molecular flexibility index (Phi) is 4.95. The molecule has 1 N–H and O–H groups in total. The first-order valence-corrected chi connectivity index (χ1v) is 10.0. The maximum absolute atomic E-state index is 11.9. The van der Waals surface area contributed by atoms with Crippen LogP contribution in [0.5, 0.6) is 5.75 Å². The highest BCUT2D eigenvalue weighted by atomic mass is 16.5. The van der Waals surface area contributed by atoms with Crippen LogP contribution in [0.15, 0.2) is 88.2 Å². The first kappa shape index (κ1) is 20.2. The summed E-state index contributed by atoms with van der Waals surface area (Å²) in [4.78, 5) is 23.2. The number of methoxy groups -OCH3 is 1. The fourth-order valence-corrected chi connectivity index (χ4v) is 3.61. The number of aromatic nitrogens is 3. The molecule has 5 aromatic rings. The summed E-state index contributed by atoms with van der Waals surface area (Å²) in [6.45, 7) is 0. The highest BCUT2D eigenvalue weighted by Crippen LogP contribution is 2.30. The fraction of sp³-hybridized carbons (Fsp3) is 0.0400. The van der Waals surface area contributed by atoms with Crippen molar-refractivity contribution in [1.29, 1.82) is 0 Å². The highest BCUT2D eigenvalue weighted by molar-refractivity contribution is 5.92. The lowest BCUT2D eigenvalue weighted by Crippen LogP contribution is -2.13. The smallest absolute Gasteiger partial charge is 0.351 e.